The van der Waals surface area contributed by atoms with E-state index >= 15 is 0 Å². The van der Waals surface area contributed by atoms with Crippen molar-refractivity contribution in [1.82, 2.24) is 19.7 Å². The molecule has 0 saturated heterocycles. The molecule has 2 radical (unpaired) electrons. The summed E-state index contributed by atoms with van der Waals surface area (Å²) in [4.78, 5) is 8.65. The molecule has 32 heavy (non-hydrogen) atoms. The van der Waals surface area contributed by atoms with Crippen LogP contribution in [0.5, 0.6) is 17.4 Å². The molecule has 162 valence electrons. The van der Waals surface area contributed by atoms with Crippen LogP contribution in [-0.4, -0.2) is 27.6 Å². The van der Waals surface area contributed by atoms with Gasteiger partial charge in [0, 0.05) is 24.7 Å². The lowest BCUT2D eigenvalue weighted by molar-refractivity contribution is -0.141. The van der Waals surface area contributed by atoms with E-state index in [4.69, 9.17) is 17.3 Å². The lowest BCUT2D eigenvalue weighted by Crippen LogP contribution is -2.07. The van der Waals surface area contributed by atoms with Crippen LogP contribution < -0.4 is 20.3 Å². The van der Waals surface area contributed by atoms with Gasteiger partial charge in [0.25, 0.3) is 0 Å². The van der Waals surface area contributed by atoms with Crippen LogP contribution in [0.2, 0.25) is 0 Å². The van der Waals surface area contributed by atoms with Crippen LogP contribution in [0, 0.1) is 0 Å². The SMILES string of the molecule is [B]c1cnc(Nc2nc(COc3cc(C(F)(F)F)nn3C)cs2)c(Oc2ccccc2)c1. The first-order chi connectivity index (χ1) is 15.3. The third-order valence-electron chi connectivity index (χ3n) is 4.12. The Kier molecular flexibility index (Phi) is 6.04. The number of pyridine rings is 1. The molecule has 1 N–H and O–H groups in total. The van der Waals surface area contributed by atoms with Crippen molar-refractivity contribution >= 4 is 35.6 Å². The summed E-state index contributed by atoms with van der Waals surface area (Å²) in [6.07, 6.45) is -3.05. The van der Waals surface area contributed by atoms with Crippen molar-refractivity contribution < 1.29 is 22.6 Å². The summed E-state index contributed by atoms with van der Waals surface area (Å²) in [5, 5.41) is 8.70. The molecular weight excluding hydrogens is 442 g/mol. The van der Waals surface area contributed by atoms with Crippen LogP contribution in [0.15, 0.2) is 54.0 Å². The lowest BCUT2D eigenvalue weighted by Gasteiger charge is -2.11. The third-order valence-corrected chi connectivity index (χ3v) is 4.92. The Balaban J connectivity index is 1.44. The summed E-state index contributed by atoms with van der Waals surface area (Å²) in [6.45, 7) is -0.0302. The zero-order chi connectivity index (χ0) is 22.7. The molecule has 0 aliphatic carbocycles. The van der Waals surface area contributed by atoms with Gasteiger partial charge < -0.3 is 14.8 Å². The van der Waals surface area contributed by atoms with Gasteiger partial charge >= 0.3 is 6.18 Å². The second-order valence-corrected chi connectivity index (χ2v) is 7.44. The van der Waals surface area contributed by atoms with Crippen molar-refractivity contribution in [2.45, 2.75) is 12.8 Å². The highest BCUT2D eigenvalue weighted by Crippen LogP contribution is 2.32. The smallest absolute Gasteiger partial charge is 0.435 e. The second kappa shape index (κ2) is 8.91. The molecule has 0 saturated carbocycles. The minimum Gasteiger partial charge on any atom is -0.471 e. The average molecular weight is 457 g/mol. The van der Waals surface area contributed by atoms with Crippen LogP contribution in [0.3, 0.4) is 0 Å². The normalized spacial score (nSPS) is 11.4. The molecule has 0 aliphatic heterocycles. The molecule has 3 heterocycles. The van der Waals surface area contributed by atoms with E-state index in [2.05, 4.69) is 20.4 Å². The molecule has 3 aromatic heterocycles. The predicted molar refractivity (Wildman–Crippen MR) is 114 cm³/mol. The molecule has 1 aromatic carbocycles. The predicted octanol–water partition coefficient (Wildman–Crippen LogP) is 4.20. The zero-order valence-electron chi connectivity index (χ0n) is 16.6. The molecule has 4 rings (SSSR count). The van der Waals surface area contributed by atoms with E-state index < -0.39 is 11.9 Å². The van der Waals surface area contributed by atoms with Gasteiger partial charge in [-0.05, 0) is 18.2 Å². The third kappa shape index (κ3) is 5.20. The minimum atomic E-state index is -4.54. The number of ether oxygens (including phenoxy) is 2. The molecule has 0 bridgehead atoms. The summed E-state index contributed by atoms with van der Waals surface area (Å²) < 4.78 is 50.7. The van der Waals surface area contributed by atoms with Crippen LogP contribution in [-0.2, 0) is 19.8 Å². The van der Waals surface area contributed by atoms with Crippen molar-refractivity contribution in [2.75, 3.05) is 5.32 Å². The van der Waals surface area contributed by atoms with E-state index in [1.54, 1.807) is 23.6 Å². The molecule has 7 nitrogen and oxygen atoms in total. The zero-order valence-corrected chi connectivity index (χ0v) is 17.4. The molecule has 0 aliphatic rings. The van der Waals surface area contributed by atoms with Gasteiger partial charge in [-0.2, -0.15) is 18.3 Å². The largest absolute Gasteiger partial charge is 0.471 e. The summed E-state index contributed by atoms with van der Waals surface area (Å²) in [5.74, 6) is 1.43. The summed E-state index contributed by atoms with van der Waals surface area (Å²) >= 11 is 1.28. The number of thiazole rings is 1. The first-order valence-electron chi connectivity index (χ1n) is 9.22. The topological polar surface area (TPSA) is 74.1 Å². The van der Waals surface area contributed by atoms with E-state index in [-0.39, 0.29) is 12.5 Å². The molecular formula is C20H15BF3N5O2S. The van der Waals surface area contributed by atoms with Gasteiger partial charge in [0.2, 0.25) is 5.88 Å². The number of aryl methyl sites for hydroxylation is 1. The number of nitrogens with one attached hydrogen (secondary N) is 1. The number of rotatable bonds is 7. The van der Waals surface area contributed by atoms with Gasteiger partial charge in [-0.3, -0.25) is 0 Å². The van der Waals surface area contributed by atoms with E-state index in [9.17, 15) is 13.2 Å². The highest BCUT2D eigenvalue weighted by atomic mass is 32.1. The van der Waals surface area contributed by atoms with E-state index in [0.29, 0.717) is 33.6 Å². The van der Waals surface area contributed by atoms with Gasteiger partial charge in [0.05, 0.1) is 5.69 Å². The number of alkyl halides is 3. The average Bonchev–Trinajstić information content (AvgIpc) is 3.35. The van der Waals surface area contributed by atoms with Crippen molar-refractivity contribution in [1.29, 1.82) is 0 Å². The summed E-state index contributed by atoms with van der Waals surface area (Å²) in [5.41, 5.74) is -0.0617. The number of aromatic nitrogens is 4. The van der Waals surface area contributed by atoms with Crippen molar-refractivity contribution in [3.8, 4) is 17.4 Å². The first-order valence-corrected chi connectivity index (χ1v) is 10.1. The van der Waals surface area contributed by atoms with Crippen LogP contribution in [0.4, 0.5) is 24.1 Å². The molecule has 0 atom stereocenters. The van der Waals surface area contributed by atoms with E-state index in [0.717, 1.165) is 10.7 Å². The van der Waals surface area contributed by atoms with Gasteiger partial charge in [-0.1, -0.05) is 23.7 Å². The molecule has 0 amide bonds. The molecule has 0 spiro atoms. The van der Waals surface area contributed by atoms with Crippen molar-refractivity contribution in [3.63, 3.8) is 0 Å². The summed E-state index contributed by atoms with van der Waals surface area (Å²) in [6, 6.07) is 11.6. The molecule has 12 heteroatoms. The second-order valence-electron chi connectivity index (χ2n) is 6.58. The Bertz CT molecular complexity index is 1210. The number of hydrogen-bond donors (Lipinski definition) is 1. The highest BCUT2D eigenvalue weighted by Gasteiger charge is 2.35. The Morgan fingerprint density at radius 1 is 1.19 bits per heavy atom. The monoisotopic (exact) mass is 457 g/mol. The maximum absolute atomic E-state index is 12.8. The Labute approximate surface area is 186 Å². The van der Waals surface area contributed by atoms with Gasteiger partial charge in [0.1, 0.15) is 20.2 Å². The standard InChI is InChI=1S/C20H15BF3N5O2S/c1-29-17(8-16(28-29)20(22,23)24)30-10-13-11-32-19(26-13)27-18-15(7-12(21)9-25-18)31-14-5-3-2-4-6-14/h2-9,11H,10H2,1H3,(H,25,26,27). The quantitative estimate of drug-likeness (QED) is 0.420. The van der Waals surface area contributed by atoms with E-state index in [1.807, 2.05) is 18.2 Å². The number of para-hydroxylation sites is 1. The van der Waals surface area contributed by atoms with Gasteiger partial charge in [0.15, 0.2) is 22.4 Å². The number of anilines is 2. The minimum absolute atomic E-state index is 0.0152. The molecule has 0 fully saturated rings. The lowest BCUT2D eigenvalue weighted by atomic mass is 9.99. The highest BCUT2D eigenvalue weighted by molar-refractivity contribution is 7.13. The van der Waals surface area contributed by atoms with Crippen LogP contribution in [0.25, 0.3) is 0 Å². The Morgan fingerprint density at radius 3 is 2.69 bits per heavy atom. The maximum Gasteiger partial charge on any atom is 0.435 e. The fraction of sp³-hybridized carbons (Fsp3) is 0.150. The molecule has 0 unspecified atom stereocenters. The number of benzene rings is 1. The fourth-order valence-electron chi connectivity index (χ4n) is 2.65. The molecule has 4 aromatic rings. The van der Waals surface area contributed by atoms with Crippen LogP contribution in [0.1, 0.15) is 11.4 Å². The number of hydrogen-bond acceptors (Lipinski definition) is 7. The van der Waals surface area contributed by atoms with Crippen molar-refractivity contribution in [2.24, 2.45) is 7.05 Å². The Hall–Kier alpha value is -3.54. The first kappa shape index (κ1) is 21.7. The summed E-state index contributed by atoms with van der Waals surface area (Å²) in [7, 11) is 7.21. The number of nitrogens with zero attached hydrogens (tertiary/aromatic N) is 4. The van der Waals surface area contributed by atoms with Crippen molar-refractivity contribution in [3.05, 3.63) is 65.4 Å². The van der Waals surface area contributed by atoms with Gasteiger partial charge in [-0.15, -0.1) is 11.3 Å². The van der Waals surface area contributed by atoms with Crippen LogP contribution >= 0.6 is 11.3 Å². The van der Waals surface area contributed by atoms with Gasteiger partial charge in [-0.25, -0.2) is 14.6 Å². The Morgan fingerprint density at radius 2 is 1.97 bits per heavy atom. The number of halogens is 3. The fourth-order valence-corrected chi connectivity index (χ4v) is 3.34. The van der Waals surface area contributed by atoms with E-state index in [1.165, 1.54) is 24.6 Å². The maximum atomic E-state index is 12.8.